The van der Waals surface area contributed by atoms with Crippen LogP contribution in [0.15, 0.2) is 24.3 Å². The largest absolute Gasteiger partial charge is 0.383 e. The minimum absolute atomic E-state index is 0.0922. The Labute approximate surface area is 155 Å². The molecule has 26 heavy (non-hydrogen) atoms. The smallest absolute Gasteiger partial charge is 0.317 e. The number of carbonyl (C=O) groups is 1. The minimum Gasteiger partial charge on any atom is -0.383 e. The van der Waals surface area contributed by atoms with Crippen molar-refractivity contribution in [3.63, 3.8) is 0 Å². The van der Waals surface area contributed by atoms with E-state index in [1.807, 2.05) is 0 Å². The predicted octanol–water partition coefficient (Wildman–Crippen LogP) is 2.52. The molecule has 1 aliphatic carbocycles. The van der Waals surface area contributed by atoms with Crippen LogP contribution >= 0.6 is 0 Å². The predicted molar refractivity (Wildman–Crippen MR) is 99.6 cm³/mol. The Kier molecular flexibility index (Phi) is 7.71. The first-order chi connectivity index (χ1) is 12.4. The number of hydrogen-bond acceptors (Lipinski definition) is 5. The van der Waals surface area contributed by atoms with Crippen LogP contribution in [0.1, 0.15) is 37.7 Å². The Morgan fingerprint density at radius 1 is 1.19 bits per heavy atom. The lowest BCUT2D eigenvalue weighted by Gasteiger charge is -2.28. The van der Waals surface area contributed by atoms with E-state index in [1.165, 1.54) is 6.42 Å². The number of ether oxygens (including phenoxy) is 1. The molecule has 0 radical (unpaired) electrons. The first-order valence-electron chi connectivity index (χ1n) is 8.90. The number of carbonyl (C=O) groups excluding carboxylic acids is 1. The molecule has 1 aromatic rings. The number of methoxy groups -OCH3 is 1. The third kappa shape index (κ3) is 7.21. The summed E-state index contributed by atoms with van der Waals surface area (Å²) in [7, 11) is -1.94. The summed E-state index contributed by atoms with van der Waals surface area (Å²) in [5, 5.41) is 3.12. The molecule has 0 aliphatic heterocycles. The van der Waals surface area contributed by atoms with Gasteiger partial charge < -0.3 is 19.1 Å². The SMILES string of the molecule is COCCN(Cc1ccc(OS(C)(=O)=O)cc1)C(=O)NC1CCCCC1. The maximum Gasteiger partial charge on any atom is 0.317 e. The van der Waals surface area contributed by atoms with E-state index in [0.717, 1.165) is 37.5 Å². The van der Waals surface area contributed by atoms with E-state index in [4.69, 9.17) is 8.92 Å². The van der Waals surface area contributed by atoms with Gasteiger partial charge in [-0.15, -0.1) is 0 Å². The molecule has 0 atom stereocenters. The van der Waals surface area contributed by atoms with Gasteiger partial charge in [0.15, 0.2) is 0 Å². The molecule has 0 bridgehead atoms. The monoisotopic (exact) mass is 384 g/mol. The van der Waals surface area contributed by atoms with Crippen LogP contribution in [0.5, 0.6) is 5.75 Å². The summed E-state index contributed by atoms with van der Waals surface area (Å²) in [6.45, 7) is 1.35. The number of rotatable bonds is 8. The van der Waals surface area contributed by atoms with Gasteiger partial charge >= 0.3 is 16.1 Å². The van der Waals surface area contributed by atoms with Crippen LogP contribution in [0.25, 0.3) is 0 Å². The normalized spacial score (nSPS) is 15.5. The van der Waals surface area contributed by atoms with Crippen molar-refractivity contribution in [2.75, 3.05) is 26.5 Å². The van der Waals surface area contributed by atoms with Gasteiger partial charge in [0.2, 0.25) is 0 Å². The van der Waals surface area contributed by atoms with Crippen LogP contribution in [0.3, 0.4) is 0 Å². The molecular formula is C18H28N2O5S. The molecule has 1 saturated carbocycles. The lowest BCUT2D eigenvalue weighted by molar-refractivity contribution is 0.143. The van der Waals surface area contributed by atoms with Gasteiger partial charge in [-0.25, -0.2) is 4.79 Å². The topological polar surface area (TPSA) is 84.9 Å². The van der Waals surface area contributed by atoms with Crippen molar-refractivity contribution in [1.82, 2.24) is 10.2 Å². The second-order valence-corrected chi connectivity index (χ2v) is 8.21. The summed E-state index contributed by atoms with van der Waals surface area (Å²) >= 11 is 0. The minimum atomic E-state index is -3.55. The Hall–Kier alpha value is -1.80. The molecule has 0 spiro atoms. The van der Waals surface area contributed by atoms with Crippen LogP contribution in [0.4, 0.5) is 4.79 Å². The van der Waals surface area contributed by atoms with Crippen molar-refractivity contribution in [3.05, 3.63) is 29.8 Å². The zero-order valence-corrected chi connectivity index (χ0v) is 16.3. The van der Waals surface area contributed by atoms with Crippen LogP contribution in [-0.4, -0.2) is 51.9 Å². The Balaban J connectivity index is 1.98. The Bertz CT molecular complexity index is 669. The van der Waals surface area contributed by atoms with Crippen LogP contribution in [-0.2, 0) is 21.4 Å². The molecule has 0 heterocycles. The van der Waals surface area contributed by atoms with Crippen molar-refractivity contribution in [2.45, 2.75) is 44.7 Å². The van der Waals surface area contributed by atoms with Gasteiger partial charge in [-0.2, -0.15) is 8.42 Å². The number of benzene rings is 1. The molecule has 1 fully saturated rings. The number of nitrogens with one attached hydrogen (secondary N) is 1. The summed E-state index contributed by atoms with van der Waals surface area (Å²) in [4.78, 5) is 14.3. The highest BCUT2D eigenvalue weighted by Crippen LogP contribution is 2.18. The van der Waals surface area contributed by atoms with Crippen molar-refractivity contribution < 1.29 is 22.1 Å². The van der Waals surface area contributed by atoms with Gasteiger partial charge in [-0.1, -0.05) is 31.4 Å². The van der Waals surface area contributed by atoms with E-state index in [9.17, 15) is 13.2 Å². The first-order valence-corrected chi connectivity index (χ1v) is 10.7. The number of hydrogen-bond donors (Lipinski definition) is 1. The average Bonchev–Trinajstić information content (AvgIpc) is 2.59. The maximum absolute atomic E-state index is 12.6. The van der Waals surface area contributed by atoms with Gasteiger partial charge in [0.25, 0.3) is 0 Å². The summed E-state index contributed by atoms with van der Waals surface area (Å²) in [5.41, 5.74) is 0.890. The van der Waals surface area contributed by atoms with Crippen LogP contribution in [0, 0.1) is 0 Å². The third-order valence-corrected chi connectivity index (χ3v) is 4.82. The lowest BCUT2D eigenvalue weighted by Crippen LogP contribution is -2.46. The van der Waals surface area contributed by atoms with E-state index < -0.39 is 10.1 Å². The summed E-state index contributed by atoms with van der Waals surface area (Å²) in [6, 6.07) is 6.84. The van der Waals surface area contributed by atoms with Gasteiger partial charge in [0.1, 0.15) is 5.75 Å². The van der Waals surface area contributed by atoms with E-state index in [0.29, 0.717) is 19.7 Å². The molecule has 0 aromatic heterocycles. The van der Waals surface area contributed by atoms with Crippen molar-refractivity contribution in [3.8, 4) is 5.75 Å². The number of urea groups is 1. The molecule has 1 aromatic carbocycles. The van der Waals surface area contributed by atoms with Crippen molar-refractivity contribution >= 4 is 16.1 Å². The third-order valence-electron chi connectivity index (χ3n) is 4.33. The van der Waals surface area contributed by atoms with Gasteiger partial charge in [-0.05, 0) is 30.5 Å². The highest BCUT2D eigenvalue weighted by atomic mass is 32.2. The molecule has 1 N–H and O–H groups in total. The van der Waals surface area contributed by atoms with Crippen molar-refractivity contribution in [1.29, 1.82) is 0 Å². The van der Waals surface area contributed by atoms with Crippen LogP contribution in [0.2, 0.25) is 0 Å². The highest BCUT2D eigenvalue weighted by Gasteiger charge is 2.20. The first kappa shape index (κ1) is 20.5. The average molecular weight is 384 g/mol. The zero-order valence-electron chi connectivity index (χ0n) is 15.4. The molecule has 8 heteroatoms. The van der Waals surface area contributed by atoms with E-state index in [2.05, 4.69) is 5.32 Å². The van der Waals surface area contributed by atoms with E-state index in [-0.39, 0.29) is 17.8 Å². The van der Waals surface area contributed by atoms with Crippen LogP contribution < -0.4 is 9.50 Å². The Morgan fingerprint density at radius 2 is 1.85 bits per heavy atom. The van der Waals surface area contributed by atoms with Gasteiger partial charge in [0.05, 0.1) is 12.9 Å². The quantitative estimate of drug-likeness (QED) is 0.696. The highest BCUT2D eigenvalue weighted by molar-refractivity contribution is 7.86. The van der Waals surface area contributed by atoms with Crippen molar-refractivity contribution in [2.24, 2.45) is 0 Å². The fourth-order valence-electron chi connectivity index (χ4n) is 3.01. The summed E-state index contributed by atoms with van der Waals surface area (Å²) in [6.07, 6.45) is 6.61. The van der Waals surface area contributed by atoms with E-state index >= 15 is 0 Å². The molecule has 0 unspecified atom stereocenters. The molecule has 1 aliphatic rings. The summed E-state index contributed by atoms with van der Waals surface area (Å²) in [5.74, 6) is 0.256. The molecule has 2 rings (SSSR count). The molecule has 2 amide bonds. The molecule has 0 saturated heterocycles. The maximum atomic E-state index is 12.6. The Morgan fingerprint density at radius 3 is 2.42 bits per heavy atom. The number of nitrogens with zero attached hydrogens (tertiary/aromatic N) is 1. The second kappa shape index (κ2) is 9.78. The van der Waals surface area contributed by atoms with E-state index in [1.54, 1.807) is 36.3 Å². The fraction of sp³-hybridized carbons (Fsp3) is 0.611. The molecular weight excluding hydrogens is 356 g/mol. The zero-order chi connectivity index (χ0) is 19.0. The summed E-state index contributed by atoms with van der Waals surface area (Å²) < 4.78 is 32.3. The van der Waals surface area contributed by atoms with Gasteiger partial charge in [-0.3, -0.25) is 0 Å². The number of amides is 2. The molecule has 7 nitrogen and oxygen atoms in total. The second-order valence-electron chi connectivity index (χ2n) is 6.63. The molecule has 146 valence electrons. The standard InChI is InChI=1S/C18H28N2O5S/c1-24-13-12-20(18(21)19-16-6-4-3-5-7-16)14-15-8-10-17(11-9-15)25-26(2,22)23/h8-11,16H,3-7,12-14H2,1-2H3,(H,19,21). The fourth-order valence-corrected chi connectivity index (χ4v) is 3.47. The van der Waals surface area contributed by atoms with Gasteiger partial charge in [0, 0.05) is 26.2 Å². The lowest BCUT2D eigenvalue weighted by atomic mass is 9.96.